The zero-order chi connectivity index (χ0) is 15.9. The highest BCUT2D eigenvalue weighted by Gasteiger charge is 2.13. The van der Waals surface area contributed by atoms with E-state index in [2.05, 4.69) is 15.0 Å². The fourth-order valence-corrected chi connectivity index (χ4v) is 2.76. The van der Waals surface area contributed by atoms with E-state index >= 15 is 0 Å². The molecule has 2 aromatic rings. The summed E-state index contributed by atoms with van der Waals surface area (Å²) < 4.78 is 9.40. The summed E-state index contributed by atoms with van der Waals surface area (Å²) in [7, 11) is 1.29. The molecule has 0 fully saturated rings. The number of methoxy groups -OCH3 is 1. The summed E-state index contributed by atoms with van der Waals surface area (Å²) in [6.07, 6.45) is 0.0379. The van der Waals surface area contributed by atoms with Gasteiger partial charge in [-0.25, -0.2) is 9.78 Å². The van der Waals surface area contributed by atoms with Crippen molar-refractivity contribution in [1.82, 2.24) is 4.98 Å². The Balaban J connectivity index is 1.79. The molecule has 22 heavy (non-hydrogen) atoms. The number of rotatable bonds is 6. The van der Waals surface area contributed by atoms with Gasteiger partial charge in [0.2, 0.25) is 0 Å². The number of aromatic nitrogens is 1. The number of esters is 2. The SMILES string of the molecule is COC(=O)Cc1csc(NC(=O)COC(=O)c2cccs2)n1. The van der Waals surface area contributed by atoms with Crippen molar-refractivity contribution in [3.05, 3.63) is 33.5 Å². The molecule has 9 heteroatoms. The van der Waals surface area contributed by atoms with Crippen molar-refractivity contribution in [2.75, 3.05) is 19.0 Å². The topological polar surface area (TPSA) is 94.6 Å². The quantitative estimate of drug-likeness (QED) is 0.805. The number of thiazole rings is 1. The molecule has 0 saturated carbocycles. The molecule has 1 amide bonds. The van der Waals surface area contributed by atoms with Gasteiger partial charge in [-0.2, -0.15) is 0 Å². The van der Waals surface area contributed by atoms with Crippen LogP contribution in [0.15, 0.2) is 22.9 Å². The van der Waals surface area contributed by atoms with Crippen LogP contribution in [0.1, 0.15) is 15.4 Å². The molecular weight excluding hydrogens is 328 g/mol. The van der Waals surface area contributed by atoms with Gasteiger partial charge in [0.25, 0.3) is 5.91 Å². The molecule has 0 atom stereocenters. The van der Waals surface area contributed by atoms with Crippen molar-refractivity contribution in [3.63, 3.8) is 0 Å². The lowest BCUT2D eigenvalue weighted by Crippen LogP contribution is -2.20. The largest absolute Gasteiger partial charge is 0.469 e. The highest BCUT2D eigenvalue weighted by molar-refractivity contribution is 7.14. The Labute approximate surface area is 133 Å². The van der Waals surface area contributed by atoms with Crippen LogP contribution in [-0.2, 0) is 25.5 Å². The predicted octanol–water partition coefficient (Wildman–Crippen LogP) is 1.72. The van der Waals surface area contributed by atoms with Gasteiger partial charge in [0.15, 0.2) is 11.7 Å². The van der Waals surface area contributed by atoms with Crippen LogP contribution in [0.3, 0.4) is 0 Å². The van der Waals surface area contributed by atoms with E-state index in [0.717, 1.165) is 0 Å². The smallest absolute Gasteiger partial charge is 0.348 e. The summed E-state index contributed by atoms with van der Waals surface area (Å²) in [4.78, 5) is 38.8. The number of hydrogen-bond donors (Lipinski definition) is 1. The highest BCUT2D eigenvalue weighted by Crippen LogP contribution is 2.16. The van der Waals surface area contributed by atoms with E-state index in [1.54, 1.807) is 22.9 Å². The van der Waals surface area contributed by atoms with Crippen molar-refractivity contribution in [2.24, 2.45) is 0 Å². The van der Waals surface area contributed by atoms with Gasteiger partial charge < -0.3 is 9.47 Å². The van der Waals surface area contributed by atoms with Gasteiger partial charge in [0.05, 0.1) is 19.2 Å². The minimum Gasteiger partial charge on any atom is -0.469 e. The number of nitrogens with zero attached hydrogens (tertiary/aromatic N) is 1. The minimum absolute atomic E-state index is 0.0379. The van der Waals surface area contributed by atoms with Crippen LogP contribution in [0, 0.1) is 0 Å². The molecule has 116 valence electrons. The highest BCUT2D eigenvalue weighted by atomic mass is 32.1. The summed E-state index contributed by atoms with van der Waals surface area (Å²) in [5.74, 6) is -1.45. The Morgan fingerprint density at radius 3 is 2.82 bits per heavy atom. The third-order valence-corrected chi connectivity index (χ3v) is 4.06. The summed E-state index contributed by atoms with van der Waals surface area (Å²) in [6, 6.07) is 3.34. The first-order chi connectivity index (χ1) is 10.6. The Morgan fingerprint density at radius 2 is 2.14 bits per heavy atom. The standard InChI is InChI=1S/C13H12N2O5S2/c1-19-11(17)5-8-7-22-13(14-8)15-10(16)6-20-12(18)9-3-2-4-21-9/h2-4,7H,5-6H2,1H3,(H,14,15,16). The number of carbonyl (C=O) groups excluding carboxylic acids is 3. The van der Waals surface area contributed by atoms with Crippen molar-refractivity contribution >= 4 is 45.7 Å². The Bertz CT molecular complexity index is 666. The third-order valence-electron chi connectivity index (χ3n) is 2.41. The van der Waals surface area contributed by atoms with Gasteiger partial charge in [-0.1, -0.05) is 6.07 Å². The van der Waals surface area contributed by atoms with E-state index in [0.29, 0.717) is 15.7 Å². The number of hydrogen-bond acceptors (Lipinski definition) is 8. The molecule has 0 aliphatic rings. The first kappa shape index (κ1) is 16.1. The molecule has 0 bridgehead atoms. The van der Waals surface area contributed by atoms with Crippen LogP contribution in [0.5, 0.6) is 0 Å². The molecule has 2 heterocycles. The molecular formula is C13H12N2O5S2. The second-order valence-corrected chi connectivity index (χ2v) is 5.80. The van der Waals surface area contributed by atoms with Crippen molar-refractivity contribution in [1.29, 1.82) is 0 Å². The van der Waals surface area contributed by atoms with Crippen molar-refractivity contribution < 1.29 is 23.9 Å². The fraction of sp³-hybridized carbons (Fsp3) is 0.231. The van der Waals surface area contributed by atoms with E-state index in [9.17, 15) is 14.4 Å². The maximum absolute atomic E-state index is 11.7. The van der Waals surface area contributed by atoms with Gasteiger partial charge in [-0.15, -0.1) is 22.7 Å². The number of amides is 1. The maximum atomic E-state index is 11.7. The zero-order valence-corrected chi connectivity index (χ0v) is 13.2. The second-order valence-electron chi connectivity index (χ2n) is 4.00. The fourth-order valence-electron chi connectivity index (χ4n) is 1.42. The van der Waals surface area contributed by atoms with E-state index in [4.69, 9.17) is 4.74 Å². The number of nitrogens with one attached hydrogen (secondary N) is 1. The van der Waals surface area contributed by atoms with Crippen molar-refractivity contribution in [2.45, 2.75) is 6.42 Å². The average molecular weight is 340 g/mol. The Hall–Kier alpha value is -2.26. The summed E-state index contributed by atoms with van der Waals surface area (Å²) in [5, 5.41) is 6.21. The predicted molar refractivity (Wildman–Crippen MR) is 81.1 cm³/mol. The molecule has 2 aromatic heterocycles. The molecule has 2 rings (SSSR count). The first-order valence-corrected chi connectivity index (χ1v) is 7.86. The van der Waals surface area contributed by atoms with E-state index < -0.39 is 24.5 Å². The molecule has 0 unspecified atom stereocenters. The van der Waals surface area contributed by atoms with Gasteiger partial charge >= 0.3 is 11.9 Å². The number of ether oxygens (including phenoxy) is 2. The summed E-state index contributed by atoms with van der Waals surface area (Å²) >= 11 is 2.41. The van der Waals surface area contributed by atoms with Gasteiger partial charge in [-0.3, -0.25) is 14.9 Å². The lowest BCUT2D eigenvalue weighted by molar-refractivity contribution is -0.139. The molecule has 0 saturated heterocycles. The van der Waals surface area contributed by atoms with Gasteiger partial charge in [0.1, 0.15) is 4.88 Å². The summed E-state index contributed by atoms with van der Waals surface area (Å²) in [6.45, 7) is -0.400. The number of thiophene rings is 1. The van der Waals surface area contributed by atoms with Crippen LogP contribution >= 0.6 is 22.7 Å². The molecule has 1 N–H and O–H groups in total. The van der Waals surface area contributed by atoms with Crippen LogP contribution in [0.2, 0.25) is 0 Å². The molecule has 0 aliphatic heterocycles. The zero-order valence-electron chi connectivity index (χ0n) is 11.5. The minimum atomic E-state index is -0.546. The van der Waals surface area contributed by atoms with Gasteiger partial charge in [0, 0.05) is 5.38 Å². The number of anilines is 1. The van der Waals surface area contributed by atoms with Crippen LogP contribution in [0.4, 0.5) is 5.13 Å². The lowest BCUT2D eigenvalue weighted by Gasteiger charge is -2.03. The van der Waals surface area contributed by atoms with Crippen LogP contribution in [0.25, 0.3) is 0 Å². The normalized spacial score (nSPS) is 10.0. The first-order valence-electron chi connectivity index (χ1n) is 6.10. The van der Waals surface area contributed by atoms with Gasteiger partial charge in [-0.05, 0) is 11.4 Å². The molecule has 7 nitrogen and oxygen atoms in total. The lowest BCUT2D eigenvalue weighted by atomic mass is 10.3. The monoisotopic (exact) mass is 340 g/mol. The average Bonchev–Trinajstić information content (AvgIpc) is 3.16. The molecule has 0 radical (unpaired) electrons. The van der Waals surface area contributed by atoms with E-state index in [1.165, 1.54) is 29.8 Å². The maximum Gasteiger partial charge on any atom is 0.348 e. The molecule has 0 aliphatic carbocycles. The summed E-state index contributed by atoms with van der Waals surface area (Å²) in [5.41, 5.74) is 0.503. The Kier molecular flexibility index (Phi) is 5.61. The third kappa shape index (κ3) is 4.64. The van der Waals surface area contributed by atoms with E-state index in [-0.39, 0.29) is 6.42 Å². The Morgan fingerprint density at radius 1 is 1.32 bits per heavy atom. The molecule has 0 spiro atoms. The number of carbonyl (C=O) groups is 3. The van der Waals surface area contributed by atoms with Crippen molar-refractivity contribution in [3.8, 4) is 0 Å². The van der Waals surface area contributed by atoms with Crippen LogP contribution < -0.4 is 5.32 Å². The molecule has 0 aromatic carbocycles. The second kappa shape index (κ2) is 7.66. The van der Waals surface area contributed by atoms with Crippen LogP contribution in [-0.4, -0.2) is 36.5 Å². The van der Waals surface area contributed by atoms with E-state index in [1.807, 2.05) is 0 Å².